The zero-order valence-corrected chi connectivity index (χ0v) is 14.2. The van der Waals surface area contributed by atoms with Crippen molar-refractivity contribution in [2.45, 2.75) is 37.1 Å². The number of aliphatic carboxylic acids is 1. The minimum Gasteiger partial charge on any atom is -0.497 e. The molecule has 0 fully saturated rings. The fourth-order valence-corrected chi connectivity index (χ4v) is 4.00. The SMILES string of the molecule is CCCC[C@H](NS(=O)(=O)c1ccc(OC)cc1Br)C(=O)O. The van der Waals surface area contributed by atoms with E-state index in [2.05, 4.69) is 20.7 Å². The van der Waals surface area contributed by atoms with Gasteiger partial charge in [0.25, 0.3) is 0 Å². The average molecular weight is 380 g/mol. The number of methoxy groups -OCH3 is 1. The van der Waals surface area contributed by atoms with Gasteiger partial charge < -0.3 is 9.84 Å². The molecule has 0 radical (unpaired) electrons. The summed E-state index contributed by atoms with van der Waals surface area (Å²) in [4.78, 5) is 11.1. The fraction of sp³-hybridized carbons (Fsp3) is 0.462. The van der Waals surface area contributed by atoms with Gasteiger partial charge in [-0.3, -0.25) is 4.79 Å². The maximum atomic E-state index is 12.3. The third-order valence-electron chi connectivity index (χ3n) is 2.87. The summed E-state index contributed by atoms with van der Waals surface area (Å²) in [5, 5.41) is 9.10. The highest BCUT2D eigenvalue weighted by atomic mass is 79.9. The second-order valence-electron chi connectivity index (χ2n) is 4.45. The number of sulfonamides is 1. The number of unbranched alkanes of at least 4 members (excludes halogenated alkanes) is 1. The normalized spacial score (nSPS) is 12.9. The molecule has 118 valence electrons. The van der Waals surface area contributed by atoms with E-state index in [4.69, 9.17) is 9.84 Å². The van der Waals surface area contributed by atoms with Crippen LogP contribution in [0.15, 0.2) is 27.6 Å². The highest BCUT2D eigenvalue weighted by Crippen LogP contribution is 2.26. The van der Waals surface area contributed by atoms with Crippen molar-refractivity contribution in [1.29, 1.82) is 0 Å². The Balaban J connectivity index is 3.01. The third-order valence-corrected chi connectivity index (χ3v) is 5.32. The Labute approximate surface area is 132 Å². The molecule has 6 nitrogen and oxygen atoms in total. The van der Waals surface area contributed by atoms with Gasteiger partial charge >= 0.3 is 5.97 Å². The van der Waals surface area contributed by atoms with E-state index in [0.717, 1.165) is 6.42 Å². The molecule has 21 heavy (non-hydrogen) atoms. The predicted molar refractivity (Wildman–Crippen MR) is 82.0 cm³/mol. The molecule has 1 atom stereocenters. The van der Waals surface area contributed by atoms with Crippen LogP contribution in [-0.4, -0.2) is 32.6 Å². The van der Waals surface area contributed by atoms with E-state index in [1.807, 2.05) is 6.92 Å². The number of nitrogens with one attached hydrogen (secondary N) is 1. The van der Waals surface area contributed by atoms with E-state index < -0.39 is 22.0 Å². The molecule has 8 heteroatoms. The summed E-state index contributed by atoms with van der Waals surface area (Å²) in [6.07, 6.45) is 1.67. The number of benzene rings is 1. The zero-order chi connectivity index (χ0) is 16.0. The van der Waals surface area contributed by atoms with Gasteiger partial charge in [0, 0.05) is 4.47 Å². The van der Waals surface area contributed by atoms with Crippen LogP contribution in [0.2, 0.25) is 0 Å². The lowest BCUT2D eigenvalue weighted by molar-refractivity contribution is -0.139. The maximum Gasteiger partial charge on any atom is 0.321 e. The van der Waals surface area contributed by atoms with Crippen molar-refractivity contribution in [3.63, 3.8) is 0 Å². The monoisotopic (exact) mass is 379 g/mol. The van der Waals surface area contributed by atoms with Gasteiger partial charge in [-0.25, -0.2) is 8.42 Å². The minimum atomic E-state index is -3.92. The zero-order valence-electron chi connectivity index (χ0n) is 11.8. The Morgan fingerprint density at radius 1 is 1.48 bits per heavy atom. The molecule has 2 N–H and O–H groups in total. The van der Waals surface area contributed by atoms with E-state index in [0.29, 0.717) is 16.6 Å². The van der Waals surface area contributed by atoms with Gasteiger partial charge in [-0.2, -0.15) is 4.72 Å². The summed E-state index contributed by atoms with van der Waals surface area (Å²) in [5.41, 5.74) is 0. The Morgan fingerprint density at radius 2 is 2.14 bits per heavy atom. The summed E-state index contributed by atoms with van der Waals surface area (Å²) in [6.45, 7) is 1.91. The number of hydrogen-bond donors (Lipinski definition) is 2. The number of carbonyl (C=O) groups is 1. The predicted octanol–water partition coefficient (Wildman–Crippen LogP) is 2.38. The Hall–Kier alpha value is -1.12. The van der Waals surface area contributed by atoms with Crippen molar-refractivity contribution in [2.75, 3.05) is 7.11 Å². The summed E-state index contributed by atoms with van der Waals surface area (Å²) < 4.78 is 32.1. The lowest BCUT2D eigenvalue weighted by Gasteiger charge is -2.15. The van der Waals surface area contributed by atoms with Crippen LogP contribution in [0.25, 0.3) is 0 Å². The van der Waals surface area contributed by atoms with Gasteiger partial charge in [-0.15, -0.1) is 0 Å². The molecule has 1 rings (SSSR count). The number of carboxylic acids is 1. The van der Waals surface area contributed by atoms with Crippen LogP contribution >= 0.6 is 15.9 Å². The first-order valence-corrected chi connectivity index (χ1v) is 8.68. The van der Waals surface area contributed by atoms with Crippen LogP contribution in [0, 0.1) is 0 Å². The molecule has 0 saturated heterocycles. The molecule has 0 saturated carbocycles. The molecule has 0 amide bonds. The first-order valence-electron chi connectivity index (χ1n) is 6.40. The first kappa shape index (κ1) is 17.9. The Morgan fingerprint density at radius 3 is 2.62 bits per heavy atom. The lowest BCUT2D eigenvalue weighted by atomic mass is 10.1. The van der Waals surface area contributed by atoms with Crippen LogP contribution in [-0.2, 0) is 14.8 Å². The number of ether oxygens (including phenoxy) is 1. The fourth-order valence-electron chi connectivity index (χ4n) is 1.72. The topological polar surface area (TPSA) is 92.7 Å². The molecule has 0 aliphatic rings. The summed E-state index contributed by atoms with van der Waals surface area (Å²) in [7, 11) is -2.45. The highest BCUT2D eigenvalue weighted by Gasteiger charge is 2.26. The molecule has 0 aliphatic heterocycles. The molecule has 0 unspecified atom stereocenters. The quantitative estimate of drug-likeness (QED) is 0.723. The van der Waals surface area contributed by atoms with Crippen LogP contribution < -0.4 is 9.46 Å². The summed E-state index contributed by atoms with van der Waals surface area (Å²) in [5.74, 6) is -0.682. The molecule has 0 spiro atoms. The molecule has 0 aromatic heterocycles. The molecule has 0 aliphatic carbocycles. The van der Waals surface area contributed by atoms with E-state index >= 15 is 0 Å². The molecule has 0 bridgehead atoms. The van der Waals surface area contributed by atoms with Gasteiger partial charge in [0.2, 0.25) is 10.0 Å². The van der Waals surface area contributed by atoms with Crippen LogP contribution in [0.5, 0.6) is 5.75 Å². The summed E-state index contributed by atoms with van der Waals surface area (Å²) in [6, 6.07) is 3.24. The second kappa shape index (κ2) is 7.77. The van der Waals surface area contributed by atoms with Crippen LogP contribution in [0.3, 0.4) is 0 Å². The maximum absolute atomic E-state index is 12.3. The molecule has 1 aromatic rings. The lowest BCUT2D eigenvalue weighted by Crippen LogP contribution is -2.40. The average Bonchev–Trinajstić information content (AvgIpc) is 2.42. The largest absolute Gasteiger partial charge is 0.497 e. The van der Waals surface area contributed by atoms with Gasteiger partial charge in [-0.05, 0) is 40.5 Å². The number of rotatable bonds is 8. The summed E-state index contributed by atoms with van der Waals surface area (Å²) >= 11 is 3.16. The van der Waals surface area contributed by atoms with E-state index in [1.54, 1.807) is 0 Å². The number of carboxylic acid groups (broad SMARTS) is 1. The molecule has 1 aromatic carbocycles. The standard InChI is InChI=1S/C13H18BrNO5S/c1-3-4-5-11(13(16)17)15-21(18,19)12-7-6-9(20-2)8-10(12)14/h6-8,11,15H,3-5H2,1-2H3,(H,16,17)/t11-/m0/s1. The van der Waals surface area contributed by atoms with Crippen molar-refractivity contribution in [3.05, 3.63) is 22.7 Å². The smallest absolute Gasteiger partial charge is 0.321 e. The Kier molecular flexibility index (Phi) is 6.63. The van der Waals surface area contributed by atoms with Gasteiger partial charge in [0.15, 0.2) is 0 Å². The minimum absolute atomic E-state index is 0.0222. The van der Waals surface area contributed by atoms with Crippen LogP contribution in [0.1, 0.15) is 26.2 Å². The van der Waals surface area contributed by atoms with Crippen molar-refractivity contribution in [2.24, 2.45) is 0 Å². The number of halogens is 1. The van der Waals surface area contributed by atoms with Crippen molar-refractivity contribution < 1.29 is 23.1 Å². The first-order chi connectivity index (χ1) is 9.81. The van der Waals surface area contributed by atoms with Gasteiger partial charge in [0.1, 0.15) is 11.8 Å². The van der Waals surface area contributed by atoms with E-state index in [-0.39, 0.29) is 11.3 Å². The third kappa shape index (κ3) is 4.98. The van der Waals surface area contributed by atoms with E-state index in [1.165, 1.54) is 25.3 Å². The molecular weight excluding hydrogens is 362 g/mol. The molecular formula is C13H18BrNO5S. The molecule has 0 heterocycles. The van der Waals surface area contributed by atoms with E-state index in [9.17, 15) is 13.2 Å². The van der Waals surface area contributed by atoms with Crippen molar-refractivity contribution >= 4 is 31.9 Å². The van der Waals surface area contributed by atoms with Crippen LogP contribution in [0.4, 0.5) is 0 Å². The van der Waals surface area contributed by atoms with Crippen molar-refractivity contribution in [3.8, 4) is 5.75 Å². The van der Waals surface area contributed by atoms with Crippen molar-refractivity contribution in [1.82, 2.24) is 4.72 Å². The highest BCUT2D eigenvalue weighted by molar-refractivity contribution is 9.10. The van der Waals surface area contributed by atoms with Gasteiger partial charge in [-0.1, -0.05) is 19.8 Å². The Bertz CT molecular complexity index is 603. The second-order valence-corrected chi connectivity index (χ2v) is 6.99. The van der Waals surface area contributed by atoms with Gasteiger partial charge in [0.05, 0.1) is 12.0 Å². The number of hydrogen-bond acceptors (Lipinski definition) is 4.